The Hall–Kier alpha value is -2.95. The molecule has 27 heavy (non-hydrogen) atoms. The number of hydrogen-bond donors (Lipinski definition) is 0. The number of carbonyl (C=O) groups is 1. The zero-order valence-corrected chi connectivity index (χ0v) is 15.7. The fourth-order valence-electron chi connectivity index (χ4n) is 3.68. The molecule has 2 atom stereocenters. The molecule has 0 radical (unpaired) electrons. The number of pyridine rings is 1. The van der Waals surface area contributed by atoms with Crippen LogP contribution in [0.15, 0.2) is 60.8 Å². The first-order chi connectivity index (χ1) is 13.1. The normalized spacial score (nSPS) is 18.3. The number of hydrogen-bond acceptors (Lipinski definition) is 3. The Kier molecular flexibility index (Phi) is 4.75. The topological polar surface area (TPSA) is 51.0 Å². The van der Waals surface area contributed by atoms with Crippen molar-refractivity contribution < 1.29 is 4.79 Å². The van der Waals surface area contributed by atoms with Gasteiger partial charge in [0.15, 0.2) is 0 Å². The molecule has 138 valence electrons. The SMILES string of the molecule is Cc1cc(CN(Cc2ccccn2)C(=O)[C@@H]2C[C@H]2c2ccccc2)n(C)n1. The molecule has 0 bridgehead atoms. The Balaban J connectivity index is 1.54. The molecule has 1 aliphatic carbocycles. The molecule has 2 heterocycles. The first-order valence-electron chi connectivity index (χ1n) is 9.35. The quantitative estimate of drug-likeness (QED) is 0.676. The molecular weight excluding hydrogens is 336 g/mol. The highest BCUT2D eigenvalue weighted by Crippen LogP contribution is 2.48. The smallest absolute Gasteiger partial charge is 0.227 e. The maximum atomic E-state index is 13.3. The first-order valence-corrected chi connectivity index (χ1v) is 9.35. The predicted octanol–water partition coefficient (Wildman–Crippen LogP) is 3.46. The second-order valence-electron chi connectivity index (χ2n) is 7.28. The number of aryl methyl sites for hydroxylation is 2. The van der Waals surface area contributed by atoms with Gasteiger partial charge in [0.1, 0.15) is 0 Å². The summed E-state index contributed by atoms with van der Waals surface area (Å²) in [4.78, 5) is 19.6. The van der Waals surface area contributed by atoms with Crippen LogP contribution in [0.3, 0.4) is 0 Å². The van der Waals surface area contributed by atoms with Crippen molar-refractivity contribution in [2.75, 3.05) is 0 Å². The zero-order valence-electron chi connectivity index (χ0n) is 15.7. The Morgan fingerprint density at radius 3 is 2.59 bits per heavy atom. The number of amides is 1. The molecule has 0 saturated heterocycles. The summed E-state index contributed by atoms with van der Waals surface area (Å²) in [7, 11) is 1.93. The van der Waals surface area contributed by atoms with Crippen LogP contribution in [0.2, 0.25) is 0 Å². The van der Waals surface area contributed by atoms with Crippen molar-refractivity contribution in [1.82, 2.24) is 19.7 Å². The molecule has 5 heteroatoms. The van der Waals surface area contributed by atoms with Crippen LogP contribution in [0.25, 0.3) is 0 Å². The second kappa shape index (κ2) is 7.35. The van der Waals surface area contributed by atoms with E-state index in [1.165, 1.54) is 5.56 Å². The molecule has 3 aromatic rings. The molecule has 0 N–H and O–H groups in total. The van der Waals surface area contributed by atoms with Gasteiger partial charge in [0.05, 0.1) is 30.2 Å². The van der Waals surface area contributed by atoms with Crippen molar-refractivity contribution in [1.29, 1.82) is 0 Å². The van der Waals surface area contributed by atoms with Crippen molar-refractivity contribution in [3.63, 3.8) is 0 Å². The molecule has 0 unspecified atom stereocenters. The van der Waals surface area contributed by atoms with Crippen molar-refractivity contribution >= 4 is 5.91 Å². The number of rotatable bonds is 6. The van der Waals surface area contributed by atoms with Gasteiger partial charge in [-0.15, -0.1) is 0 Å². The average molecular weight is 360 g/mol. The van der Waals surface area contributed by atoms with Crippen molar-refractivity contribution in [2.45, 2.75) is 32.4 Å². The van der Waals surface area contributed by atoms with Crippen LogP contribution >= 0.6 is 0 Å². The van der Waals surface area contributed by atoms with Crippen LogP contribution in [0, 0.1) is 12.8 Å². The Labute approximate surface area is 159 Å². The van der Waals surface area contributed by atoms with E-state index in [1.807, 2.05) is 66.0 Å². The van der Waals surface area contributed by atoms with E-state index in [9.17, 15) is 4.79 Å². The number of carbonyl (C=O) groups excluding carboxylic acids is 1. The van der Waals surface area contributed by atoms with Gasteiger partial charge in [-0.2, -0.15) is 5.10 Å². The van der Waals surface area contributed by atoms with Crippen LogP contribution in [-0.4, -0.2) is 25.6 Å². The fourth-order valence-corrected chi connectivity index (χ4v) is 3.68. The van der Waals surface area contributed by atoms with E-state index in [0.29, 0.717) is 19.0 Å². The summed E-state index contributed by atoms with van der Waals surface area (Å²) in [5, 5.41) is 4.42. The molecule has 5 nitrogen and oxygen atoms in total. The lowest BCUT2D eigenvalue weighted by atomic mass is 10.1. The first kappa shape index (κ1) is 17.5. The number of aromatic nitrogens is 3. The third kappa shape index (κ3) is 3.92. The van der Waals surface area contributed by atoms with E-state index in [0.717, 1.165) is 23.5 Å². The third-order valence-electron chi connectivity index (χ3n) is 5.18. The van der Waals surface area contributed by atoms with Gasteiger partial charge in [-0.05, 0) is 43.0 Å². The van der Waals surface area contributed by atoms with E-state index in [-0.39, 0.29) is 11.8 Å². The Morgan fingerprint density at radius 1 is 1.15 bits per heavy atom. The standard InChI is InChI=1S/C22H24N4O/c1-16-12-19(25(2)24-16)15-26(14-18-10-6-7-11-23-18)22(27)21-13-20(21)17-8-4-3-5-9-17/h3-12,20-21H,13-15H2,1-2H3/t20-,21+/m0/s1. The van der Waals surface area contributed by atoms with Gasteiger partial charge >= 0.3 is 0 Å². The number of nitrogens with zero attached hydrogens (tertiary/aromatic N) is 4. The molecule has 2 aromatic heterocycles. The summed E-state index contributed by atoms with van der Waals surface area (Å²) >= 11 is 0. The van der Waals surface area contributed by atoms with Gasteiger partial charge in [-0.3, -0.25) is 14.5 Å². The van der Waals surface area contributed by atoms with Gasteiger partial charge < -0.3 is 4.90 Å². The van der Waals surface area contributed by atoms with E-state index >= 15 is 0 Å². The molecule has 1 amide bonds. The highest BCUT2D eigenvalue weighted by molar-refractivity contribution is 5.83. The van der Waals surface area contributed by atoms with Crippen LogP contribution in [-0.2, 0) is 24.9 Å². The molecule has 0 aliphatic heterocycles. The summed E-state index contributed by atoms with van der Waals surface area (Å²) in [5.41, 5.74) is 4.16. The Bertz CT molecular complexity index is 920. The number of benzene rings is 1. The molecule has 1 fully saturated rings. The van der Waals surface area contributed by atoms with Crippen LogP contribution in [0.4, 0.5) is 0 Å². The Morgan fingerprint density at radius 2 is 1.93 bits per heavy atom. The maximum Gasteiger partial charge on any atom is 0.227 e. The largest absolute Gasteiger partial charge is 0.331 e. The summed E-state index contributed by atoms with van der Waals surface area (Å²) in [6, 6.07) is 18.2. The molecule has 1 aliphatic rings. The monoisotopic (exact) mass is 360 g/mol. The van der Waals surface area contributed by atoms with Crippen molar-refractivity contribution in [2.24, 2.45) is 13.0 Å². The highest BCUT2D eigenvalue weighted by Gasteiger charge is 2.45. The van der Waals surface area contributed by atoms with Crippen molar-refractivity contribution in [3.05, 3.63) is 83.4 Å². The van der Waals surface area contributed by atoms with Crippen LogP contribution in [0.1, 0.15) is 35.0 Å². The van der Waals surface area contributed by atoms with Crippen molar-refractivity contribution in [3.8, 4) is 0 Å². The third-order valence-corrected chi connectivity index (χ3v) is 5.18. The highest BCUT2D eigenvalue weighted by atomic mass is 16.2. The second-order valence-corrected chi connectivity index (χ2v) is 7.28. The summed E-state index contributed by atoms with van der Waals surface area (Å²) in [6.07, 6.45) is 2.70. The molecule has 1 aromatic carbocycles. The van der Waals surface area contributed by atoms with Crippen LogP contribution in [0.5, 0.6) is 0 Å². The molecular formula is C22H24N4O. The molecule has 1 saturated carbocycles. The van der Waals surface area contributed by atoms with E-state index in [4.69, 9.17) is 0 Å². The summed E-state index contributed by atoms with van der Waals surface area (Å²) in [6.45, 7) is 3.04. The predicted molar refractivity (Wildman–Crippen MR) is 104 cm³/mol. The van der Waals surface area contributed by atoms with E-state index in [1.54, 1.807) is 6.20 Å². The summed E-state index contributed by atoms with van der Waals surface area (Å²) in [5.74, 6) is 0.594. The minimum Gasteiger partial charge on any atom is -0.331 e. The summed E-state index contributed by atoms with van der Waals surface area (Å²) < 4.78 is 1.86. The van der Waals surface area contributed by atoms with E-state index in [2.05, 4.69) is 22.2 Å². The van der Waals surface area contributed by atoms with Crippen LogP contribution < -0.4 is 0 Å². The maximum absolute atomic E-state index is 13.3. The minimum absolute atomic E-state index is 0.0606. The fraction of sp³-hybridized carbons (Fsp3) is 0.318. The lowest BCUT2D eigenvalue weighted by Gasteiger charge is -2.23. The minimum atomic E-state index is 0.0606. The molecule has 0 spiro atoms. The lowest BCUT2D eigenvalue weighted by Crippen LogP contribution is -2.32. The molecule has 4 rings (SSSR count). The van der Waals surface area contributed by atoms with Gasteiger partial charge in [0, 0.05) is 19.2 Å². The van der Waals surface area contributed by atoms with Gasteiger partial charge in [0.2, 0.25) is 5.91 Å². The van der Waals surface area contributed by atoms with Gasteiger partial charge in [-0.1, -0.05) is 36.4 Å². The van der Waals surface area contributed by atoms with Gasteiger partial charge in [0.25, 0.3) is 0 Å². The average Bonchev–Trinajstić information content (AvgIpc) is 3.42. The lowest BCUT2D eigenvalue weighted by molar-refractivity contribution is -0.134. The van der Waals surface area contributed by atoms with Gasteiger partial charge in [-0.25, -0.2) is 0 Å². The zero-order chi connectivity index (χ0) is 18.8. The van der Waals surface area contributed by atoms with E-state index < -0.39 is 0 Å².